The van der Waals surface area contributed by atoms with Gasteiger partial charge in [0.25, 0.3) is 0 Å². The summed E-state index contributed by atoms with van der Waals surface area (Å²) in [6, 6.07) is 14.2. The summed E-state index contributed by atoms with van der Waals surface area (Å²) in [5.41, 5.74) is 2.33. The number of fused-ring (bicyclic) bond motifs is 1. The SMILES string of the molecule is COc1cc(OC)c2c(c1)O[C@H](c1ccccc1)CC2. The van der Waals surface area contributed by atoms with Crippen LogP contribution in [0.4, 0.5) is 0 Å². The lowest BCUT2D eigenvalue weighted by atomic mass is 9.96. The van der Waals surface area contributed by atoms with Gasteiger partial charge in [0.15, 0.2) is 0 Å². The van der Waals surface area contributed by atoms with E-state index in [0.29, 0.717) is 0 Å². The lowest BCUT2D eigenvalue weighted by Crippen LogP contribution is -2.15. The topological polar surface area (TPSA) is 27.7 Å². The Bertz CT molecular complexity index is 593. The fourth-order valence-electron chi connectivity index (χ4n) is 2.64. The molecule has 2 aromatic carbocycles. The molecule has 0 saturated carbocycles. The van der Waals surface area contributed by atoms with E-state index in [4.69, 9.17) is 14.2 Å². The number of ether oxygens (including phenoxy) is 3. The van der Waals surface area contributed by atoms with Gasteiger partial charge in [-0.2, -0.15) is 0 Å². The molecular formula is C17H18O3. The van der Waals surface area contributed by atoms with Crippen molar-refractivity contribution in [3.63, 3.8) is 0 Å². The lowest BCUT2D eigenvalue weighted by Gasteiger charge is -2.28. The van der Waals surface area contributed by atoms with Gasteiger partial charge in [-0.25, -0.2) is 0 Å². The normalized spacial score (nSPS) is 17.0. The van der Waals surface area contributed by atoms with Crippen molar-refractivity contribution in [2.45, 2.75) is 18.9 Å². The monoisotopic (exact) mass is 270 g/mol. The molecule has 104 valence electrons. The Labute approximate surface area is 119 Å². The van der Waals surface area contributed by atoms with Crippen molar-refractivity contribution in [1.82, 2.24) is 0 Å². The zero-order valence-electron chi connectivity index (χ0n) is 11.8. The number of methoxy groups -OCH3 is 2. The van der Waals surface area contributed by atoms with Gasteiger partial charge in [-0.3, -0.25) is 0 Å². The molecular weight excluding hydrogens is 252 g/mol. The van der Waals surface area contributed by atoms with E-state index in [-0.39, 0.29) is 6.10 Å². The van der Waals surface area contributed by atoms with Crippen LogP contribution in [0.5, 0.6) is 17.2 Å². The summed E-state index contributed by atoms with van der Waals surface area (Å²) in [5, 5.41) is 0. The molecule has 1 atom stereocenters. The Morgan fingerprint density at radius 2 is 1.85 bits per heavy atom. The van der Waals surface area contributed by atoms with E-state index in [9.17, 15) is 0 Å². The highest BCUT2D eigenvalue weighted by Gasteiger charge is 2.24. The molecule has 0 fully saturated rings. The van der Waals surface area contributed by atoms with Gasteiger partial charge in [-0.1, -0.05) is 30.3 Å². The van der Waals surface area contributed by atoms with Crippen molar-refractivity contribution in [3.8, 4) is 17.2 Å². The third kappa shape index (κ3) is 2.31. The molecule has 0 radical (unpaired) electrons. The molecule has 0 amide bonds. The summed E-state index contributed by atoms with van der Waals surface area (Å²) in [5.74, 6) is 2.46. The lowest BCUT2D eigenvalue weighted by molar-refractivity contribution is 0.173. The maximum Gasteiger partial charge on any atom is 0.130 e. The molecule has 1 heterocycles. The zero-order valence-corrected chi connectivity index (χ0v) is 11.8. The van der Waals surface area contributed by atoms with Crippen LogP contribution < -0.4 is 14.2 Å². The van der Waals surface area contributed by atoms with Crippen molar-refractivity contribution >= 4 is 0 Å². The van der Waals surface area contributed by atoms with E-state index < -0.39 is 0 Å². The Balaban J connectivity index is 1.94. The van der Waals surface area contributed by atoms with Crippen LogP contribution in [-0.4, -0.2) is 14.2 Å². The van der Waals surface area contributed by atoms with Gasteiger partial charge >= 0.3 is 0 Å². The third-order valence-electron chi connectivity index (χ3n) is 3.69. The molecule has 0 aliphatic carbocycles. The second-order valence-electron chi connectivity index (χ2n) is 4.86. The summed E-state index contributed by atoms with van der Waals surface area (Å²) in [6.07, 6.45) is 2.00. The highest BCUT2D eigenvalue weighted by molar-refractivity contribution is 5.52. The van der Waals surface area contributed by atoms with E-state index in [0.717, 1.165) is 35.7 Å². The first-order valence-corrected chi connectivity index (χ1v) is 6.78. The van der Waals surface area contributed by atoms with E-state index in [1.807, 2.05) is 30.3 Å². The van der Waals surface area contributed by atoms with Crippen LogP contribution in [-0.2, 0) is 6.42 Å². The van der Waals surface area contributed by atoms with Crippen molar-refractivity contribution in [2.75, 3.05) is 14.2 Å². The molecule has 1 aliphatic rings. The fraction of sp³-hybridized carbons (Fsp3) is 0.294. The summed E-state index contributed by atoms with van der Waals surface area (Å²) in [6.45, 7) is 0. The molecule has 3 rings (SSSR count). The number of hydrogen-bond acceptors (Lipinski definition) is 3. The van der Waals surface area contributed by atoms with Crippen LogP contribution in [0.1, 0.15) is 23.7 Å². The third-order valence-corrected chi connectivity index (χ3v) is 3.69. The highest BCUT2D eigenvalue weighted by Crippen LogP contribution is 2.42. The van der Waals surface area contributed by atoms with Gasteiger partial charge in [-0.05, 0) is 18.4 Å². The van der Waals surface area contributed by atoms with E-state index in [1.54, 1.807) is 14.2 Å². The molecule has 1 aliphatic heterocycles. The van der Waals surface area contributed by atoms with Crippen LogP contribution in [0.3, 0.4) is 0 Å². The first kappa shape index (κ1) is 12.9. The molecule has 0 saturated heterocycles. The molecule has 0 bridgehead atoms. The van der Waals surface area contributed by atoms with Gasteiger partial charge in [0, 0.05) is 17.7 Å². The van der Waals surface area contributed by atoms with Crippen LogP contribution in [0.25, 0.3) is 0 Å². The largest absolute Gasteiger partial charge is 0.496 e. The Morgan fingerprint density at radius 1 is 1.05 bits per heavy atom. The molecule has 0 aromatic heterocycles. The summed E-state index contributed by atoms with van der Waals surface area (Å²) < 4.78 is 16.9. The minimum atomic E-state index is 0.0977. The Morgan fingerprint density at radius 3 is 2.55 bits per heavy atom. The van der Waals surface area contributed by atoms with Gasteiger partial charge in [0.2, 0.25) is 0 Å². The van der Waals surface area contributed by atoms with Crippen LogP contribution >= 0.6 is 0 Å². The van der Waals surface area contributed by atoms with Crippen LogP contribution in [0, 0.1) is 0 Å². The summed E-state index contributed by atoms with van der Waals surface area (Å²) >= 11 is 0. The number of hydrogen-bond donors (Lipinski definition) is 0. The molecule has 2 aromatic rings. The summed E-state index contributed by atoms with van der Waals surface area (Å²) in [7, 11) is 3.33. The molecule has 0 spiro atoms. The first-order valence-electron chi connectivity index (χ1n) is 6.78. The Hall–Kier alpha value is -2.16. The highest BCUT2D eigenvalue weighted by atomic mass is 16.5. The second-order valence-corrected chi connectivity index (χ2v) is 4.86. The molecule has 0 unspecified atom stereocenters. The predicted octanol–water partition coefficient (Wildman–Crippen LogP) is 3.77. The van der Waals surface area contributed by atoms with Gasteiger partial charge in [0.05, 0.1) is 14.2 Å². The number of benzene rings is 2. The number of rotatable bonds is 3. The van der Waals surface area contributed by atoms with Gasteiger partial charge in [-0.15, -0.1) is 0 Å². The minimum absolute atomic E-state index is 0.0977. The molecule has 0 N–H and O–H groups in total. The van der Waals surface area contributed by atoms with Crippen molar-refractivity contribution < 1.29 is 14.2 Å². The van der Waals surface area contributed by atoms with Gasteiger partial charge in [0.1, 0.15) is 23.4 Å². The average molecular weight is 270 g/mol. The standard InChI is InChI=1S/C17H18O3/c1-18-13-10-16(19-2)14-8-9-15(20-17(14)11-13)12-6-4-3-5-7-12/h3-7,10-11,15H,8-9H2,1-2H3/t15-/m0/s1. The van der Waals surface area contributed by atoms with E-state index >= 15 is 0 Å². The Kier molecular flexibility index (Phi) is 3.50. The zero-order chi connectivity index (χ0) is 13.9. The van der Waals surface area contributed by atoms with E-state index in [2.05, 4.69) is 12.1 Å². The molecule has 3 heteroatoms. The minimum Gasteiger partial charge on any atom is -0.496 e. The maximum atomic E-state index is 6.14. The summed E-state index contributed by atoms with van der Waals surface area (Å²) in [4.78, 5) is 0. The van der Waals surface area contributed by atoms with Crippen molar-refractivity contribution in [1.29, 1.82) is 0 Å². The fourth-order valence-corrected chi connectivity index (χ4v) is 2.64. The van der Waals surface area contributed by atoms with E-state index in [1.165, 1.54) is 5.56 Å². The van der Waals surface area contributed by atoms with Crippen LogP contribution in [0.2, 0.25) is 0 Å². The first-order chi connectivity index (χ1) is 9.81. The predicted molar refractivity (Wildman–Crippen MR) is 77.7 cm³/mol. The quantitative estimate of drug-likeness (QED) is 0.849. The average Bonchev–Trinajstić information content (AvgIpc) is 2.54. The maximum absolute atomic E-state index is 6.14. The second kappa shape index (κ2) is 5.45. The van der Waals surface area contributed by atoms with Crippen molar-refractivity contribution in [2.24, 2.45) is 0 Å². The molecule has 20 heavy (non-hydrogen) atoms. The molecule has 3 nitrogen and oxygen atoms in total. The van der Waals surface area contributed by atoms with Crippen molar-refractivity contribution in [3.05, 3.63) is 53.6 Å². The van der Waals surface area contributed by atoms with Crippen LogP contribution in [0.15, 0.2) is 42.5 Å². The van der Waals surface area contributed by atoms with Gasteiger partial charge < -0.3 is 14.2 Å². The smallest absolute Gasteiger partial charge is 0.130 e.